The van der Waals surface area contributed by atoms with Gasteiger partial charge in [0.1, 0.15) is 0 Å². The van der Waals surface area contributed by atoms with Crippen molar-refractivity contribution >= 4 is 75.1 Å². The summed E-state index contributed by atoms with van der Waals surface area (Å²) in [5, 5.41) is 7.69. The van der Waals surface area contributed by atoms with Crippen molar-refractivity contribution < 1.29 is 0 Å². The second-order valence-corrected chi connectivity index (χ2v) is 14.5. The smallest absolute Gasteiger partial charge is 0.0562 e. The van der Waals surface area contributed by atoms with Crippen LogP contribution < -0.4 is 0 Å². The summed E-state index contributed by atoms with van der Waals surface area (Å²) in [6.45, 7) is 0. The van der Waals surface area contributed by atoms with Crippen molar-refractivity contribution in [1.82, 2.24) is 9.13 Å². The average molecular weight is 667 g/mol. The highest BCUT2D eigenvalue weighted by Crippen LogP contribution is 2.44. The molecule has 0 unspecified atom stereocenters. The Morgan fingerprint density at radius 2 is 0.824 bits per heavy atom. The summed E-state index contributed by atoms with van der Waals surface area (Å²) in [5.41, 5.74) is 12.1. The number of hydrogen-bond acceptors (Lipinski definition) is 1. The fourth-order valence-corrected chi connectivity index (χ4v) is 9.25. The molecule has 0 radical (unpaired) electrons. The number of hydrogen-bond donors (Lipinski definition) is 0. The average Bonchev–Trinajstić information content (AvgIpc) is 3.83. The van der Waals surface area contributed by atoms with Gasteiger partial charge in [-0.1, -0.05) is 115 Å². The van der Waals surface area contributed by atoms with Crippen molar-refractivity contribution in [2.75, 3.05) is 0 Å². The number of fused-ring (bicyclic) bond motifs is 9. The number of thiophene rings is 1. The van der Waals surface area contributed by atoms with E-state index >= 15 is 0 Å². The Labute approximate surface area is 298 Å². The lowest BCUT2D eigenvalue weighted by Crippen LogP contribution is -1.96. The van der Waals surface area contributed by atoms with Gasteiger partial charge in [-0.3, -0.25) is 0 Å². The van der Waals surface area contributed by atoms with Crippen molar-refractivity contribution in [2.24, 2.45) is 0 Å². The minimum Gasteiger partial charge on any atom is -0.309 e. The van der Waals surface area contributed by atoms with Gasteiger partial charge in [0.15, 0.2) is 0 Å². The molecule has 2 nitrogen and oxygen atoms in total. The lowest BCUT2D eigenvalue weighted by Gasteiger charge is -2.11. The molecule has 8 aromatic carbocycles. The summed E-state index contributed by atoms with van der Waals surface area (Å²) in [4.78, 5) is 0. The van der Waals surface area contributed by atoms with E-state index in [9.17, 15) is 0 Å². The van der Waals surface area contributed by atoms with Crippen LogP contribution in [0.15, 0.2) is 182 Å². The molecule has 11 aromatic rings. The number of para-hydroxylation sites is 2. The van der Waals surface area contributed by atoms with Crippen LogP contribution in [0.3, 0.4) is 0 Å². The highest BCUT2D eigenvalue weighted by Gasteiger charge is 2.20. The molecular weight excluding hydrogens is 637 g/mol. The predicted octanol–water partition coefficient (Wildman–Crippen LogP) is 13.6. The number of rotatable bonds is 4. The van der Waals surface area contributed by atoms with Crippen molar-refractivity contribution in [3.8, 4) is 33.6 Å². The molecule has 0 N–H and O–H groups in total. The zero-order valence-corrected chi connectivity index (χ0v) is 28.4. The van der Waals surface area contributed by atoms with E-state index in [0.717, 1.165) is 11.4 Å². The maximum atomic E-state index is 2.47. The normalized spacial score (nSPS) is 11.9. The van der Waals surface area contributed by atoms with Crippen LogP contribution in [0.4, 0.5) is 0 Å². The number of aromatic nitrogens is 2. The molecule has 0 amide bonds. The zero-order valence-electron chi connectivity index (χ0n) is 27.6. The minimum absolute atomic E-state index is 1.16. The van der Waals surface area contributed by atoms with Gasteiger partial charge in [0, 0.05) is 53.1 Å². The molecule has 0 spiro atoms. The third-order valence-electron chi connectivity index (χ3n) is 10.5. The Kier molecular flexibility index (Phi) is 6.16. The van der Waals surface area contributed by atoms with Crippen molar-refractivity contribution in [3.63, 3.8) is 0 Å². The molecule has 0 saturated carbocycles. The monoisotopic (exact) mass is 666 g/mol. The van der Waals surface area contributed by atoms with E-state index in [-0.39, 0.29) is 0 Å². The van der Waals surface area contributed by atoms with Crippen LogP contribution in [-0.4, -0.2) is 9.13 Å². The third-order valence-corrected chi connectivity index (χ3v) is 11.6. The Morgan fingerprint density at radius 3 is 1.59 bits per heavy atom. The molecule has 11 rings (SSSR count). The van der Waals surface area contributed by atoms with Gasteiger partial charge in [-0.2, -0.15) is 0 Å². The van der Waals surface area contributed by atoms with E-state index in [1.165, 1.54) is 86.0 Å². The number of nitrogens with zero attached hydrogens (tertiary/aromatic N) is 2. The second-order valence-electron chi connectivity index (χ2n) is 13.4. The Hall–Kier alpha value is -6.42. The van der Waals surface area contributed by atoms with Crippen LogP contribution in [-0.2, 0) is 0 Å². The SMILES string of the molecule is c1ccc(-c2cccc(-n3c4ccccc4c4cc5c6cc7sc8ccc(-c9ccccc9)cc8c7cc6n(-c6ccccc6)c5cc43)c2)cc1. The van der Waals surface area contributed by atoms with Gasteiger partial charge in [0.2, 0.25) is 0 Å². The summed E-state index contributed by atoms with van der Waals surface area (Å²) in [5.74, 6) is 0. The van der Waals surface area contributed by atoms with E-state index in [0.29, 0.717) is 0 Å². The topological polar surface area (TPSA) is 9.86 Å². The standard InChI is InChI=1S/C48H30N2S/c1-4-13-31(14-5-1)33-17-12-20-36(25-33)50-43-22-11-10-21-37(43)38-27-39-40-29-48-42(41-26-34(23-24-47(41)51-48)32-15-6-2-7-16-32)28-44(40)49(46(39)30-45(38)50)35-18-8-3-9-19-35/h1-30H. The van der Waals surface area contributed by atoms with Crippen LogP contribution in [0.2, 0.25) is 0 Å². The fraction of sp³-hybridized carbons (Fsp3) is 0. The van der Waals surface area contributed by atoms with Gasteiger partial charge >= 0.3 is 0 Å². The molecule has 238 valence electrons. The first kappa shape index (κ1) is 28.4. The molecule has 0 fully saturated rings. The Morgan fingerprint density at radius 1 is 0.275 bits per heavy atom. The predicted molar refractivity (Wildman–Crippen MR) is 219 cm³/mol. The molecule has 0 atom stereocenters. The molecule has 0 aliphatic heterocycles. The molecular formula is C48H30N2S. The first-order valence-corrected chi connectivity index (χ1v) is 18.2. The van der Waals surface area contributed by atoms with Crippen LogP contribution in [0.5, 0.6) is 0 Å². The van der Waals surface area contributed by atoms with Gasteiger partial charge in [0.05, 0.1) is 22.1 Å². The third kappa shape index (κ3) is 4.35. The molecule has 0 saturated heterocycles. The zero-order chi connectivity index (χ0) is 33.5. The molecule has 3 aromatic heterocycles. The summed E-state index contributed by atoms with van der Waals surface area (Å²) >= 11 is 1.89. The fourth-order valence-electron chi connectivity index (χ4n) is 8.15. The molecule has 0 bridgehead atoms. The van der Waals surface area contributed by atoms with E-state index < -0.39 is 0 Å². The maximum absolute atomic E-state index is 2.47. The van der Waals surface area contributed by atoms with Gasteiger partial charge < -0.3 is 9.13 Å². The second kappa shape index (κ2) is 11.0. The number of benzene rings is 8. The van der Waals surface area contributed by atoms with E-state index in [4.69, 9.17) is 0 Å². The molecule has 3 heteroatoms. The van der Waals surface area contributed by atoms with Crippen LogP contribution in [0, 0.1) is 0 Å². The molecule has 51 heavy (non-hydrogen) atoms. The van der Waals surface area contributed by atoms with E-state index in [1.807, 2.05) is 11.3 Å². The first-order chi connectivity index (χ1) is 25.3. The maximum Gasteiger partial charge on any atom is 0.0562 e. The quantitative estimate of drug-likeness (QED) is 0.177. The minimum atomic E-state index is 1.16. The molecule has 3 heterocycles. The van der Waals surface area contributed by atoms with Gasteiger partial charge in [-0.15, -0.1) is 11.3 Å². The van der Waals surface area contributed by atoms with Crippen molar-refractivity contribution in [3.05, 3.63) is 182 Å². The highest BCUT2D eigenvalue weighted by molar-refractivity contribution is 7.25. The van der Waals surface area contributed by atoms with Gasteiger partial charge in [0.25, 0.3) is 0 Å². The van der Waals surface area contributed by atoms with Crippen LogP contribution in [0.1, 0.15) is 0 Å². The molecule has 0 aliphatic carbocycles. The summed E-state index contributed by atoms with van der Waals surface area (Å²) in [6.07, 6.45) is 0. The summed E-state index contributed by atoms with van der Waals surface area (Å²) < 4.78 is 7.54. The first-order valence-electron chi connectivity index (χ1n) is 17.4. The lowest BCUT2D eigenvalue weighted by molar-refractivity contribution is 1.17. The van der Waals surface area contributed by atoms with Gasteiger partial charge in [-0.25, -0.2) is 0 Å². The van der Waals surface area contributed by atoms with E-state index in [1.54, 1.807) is 0 Å². The van der Waals surface area contributed by atoms with Gasteiger partial charge in [-0.05, 0) is 89.0 Å². The largest absolute Gasteiger partial charge is 0.309 e. The Balaban J connectivity index is 1.23. The Bertz CT molecular complexity index is 3110. The lowest BCUT2D eigenvalue weighted by atomic mass is 10.0. The molecule has 0 aliphatic rings. The van der Waals surface area contributed by atoms with E-state index in [2.05, 4.69) is 191 Å². The van der Waals surface area contributed by atoms with Crippen LogP contribution in [0.25, 0.3) is 97.4 Å². The summed E-state index contributed by atoms with van der Waals surface area (Å²) in [7, 11) is 0. The van der Waals surface area contributed by atoms with Crippen molar-refractivity contribution in [2.45, 2.75) is 0 Å². The summed E-state index contributed by atoms with van der Waals surface area (Å²) in [6, 6.07) is 66.6. The highest BCUT2D eigenvalue weighted by atomic mass is 32.1. The van der Waals surface area contributed by atoms with Crippen molar-refractivity contribution in [1.29, 1.82) is 0 Å². The van der Waals surface area contributed by atoms with Crippen LogP contribution >= 0.6 is 11.3 Å².